The lowest BCUT2D eigenvalue weighted by molar-refractivity contribution is -0.118. The highest BCUT2D eigenvalue weighted by atomic mass is 79.9. The Kier molecular flexibility index (Phi) is 8.41. The number of carbonyl (C=O) groups is 1. The minimum absolute atomic E-state index is 0. The highest BCUT2D eigenvalue weighted by Crippen LogP contribution is 2.25. The van der Waals surface area contributed by atoms with Crippen molar-refractivity contribution in [1.29, 1.82) is 0 Å². The molecule has 0 fully saturated rings. The van der Waals surface area contributed by atoms with Gasteiger partial charge in [-0.25, -0.2) is 0 Å². The molecule has 0 aliphatic carbocycles. The molecule has 6 heteroatoms. The summed E-state index contributed by atoms with van der Waals surface area (Å²) in [5, 5.41) is 6.25. The lowest BCUT2D eigenvalue weighted by Gasteiger charge is -2.14. The van der Waals surface area contributed by atoms with Crippen LogP contribution in [0.5, 0.6) is 0 Å². The van der Waals surface area contributed by atoms with Crippen molar-refractivity contribution in [3.63, 3.8) is 0 Å². The van der Waals surface area contributed by atoms with Crippen molar-refractivity contribution in [2.45, 2.75) is 18.2 Å². The number of thioether (sulfide) groups is 1. The quantitative estimate of drug-likeness (QED) is 0.598. The van der Waals surface area contributed by atoms with Crippen molar-refractivity contribution >= 4 is 46.0 Å². The maximum atomic E-state index is 11.9. The van der Waals surface area contributed by atoms with Crippen LogP contribution in [0.1, 0.15) is 12.0 Å². The highest BCUT2D eigenvalue weighted by Gasteiger charge is 2.07. The number of hydrogen-bond acceptors (Lipinski definition) is 3. The van der Waals surface area contributed by atoms with Crippen LogP contribution in [0.4, 0.5) is 0 Å². The molecule has 0 atom stereocenters. The van der Waals surface area contributed by atoms with E-state index < -0.39 is 0 Å². The average Bonchev–Trinajstić information content (AvgIpc) is 2.45. The van der Waals surface area contributed by atoms with E-state index in [9.17, 15) is 4.79 Å². The molecular weight excluding hydrogens is 372 g/mol. The second-order valence-electron chi connectivity index (χ2n) is 4.79. The minimum Gasteiger partial charge on any atom is -0.352 e. The van der Waals surface area contributed by atoms with Crippen molar-refractivity contribution in [2.24, 2.45) is 0 Å². The van der Waals surface area contributed by atoms with Gasteiger partial charge in [0.05, 0.1) is 5.75 Å². The zero-order valence-corrected chi connectivity index (χ0v) is 15.2. The molecule has 1 aromatic carbocycles. The number of carbonyl (C=O) groups excluding carboxylic acids is 1. The third kappa shape index (κ3) is 6.43. The number of benzene rings is 1. The predicted octanol–water partition coefficient (Wildman–Crippen LogP) is 3.31. The molecule has 1 aliphatic heterocycles. The van der Waals surface area contributed by atoms with Crippen LogP contribution in [-0.4, -0.2) is 31.3 Å². The summed E-state index contributed by atoms with van der Waals surface area (Å²) in [6, 6.07) is 6.12. The third-order valence-corrected chi connectivity index (χ3v) is 4.84. The van der Waals surface area contributed by atoms with Gasteiger partial charge in [0.2, 0.25) is 5.91 Å². The SMILES string of the molecule is Cc1cc(Br)ccc1SCC(=O)NCC1=CCNCC1.Cl. The Bertz CT molecular complexity index is 522. The molecule has 0 aromatic heterocycles. The summed E-state index contributed by atoms with van der Waals surface area (Å²) in [6.07, 6.45) is 3.19. The van der Waals surface area contributed by atoms with Crippen molar-refractivity contribution in [3.05, 3.63) is 39.9 Å². The first-order valence-corrected chi connectivity index (χ1v) is 8.47. The third-order valence-electron chi connectivity index (χ3n) is 3.17. The molecule has 1 heterocycles. The minimum atomic E-state index is 0. The first-order valence-electron chi connectivity index (χ1n) is 6.69. The molecule has 0 saturated carbocycles. The summed E-state index contributed by atoms with van der Waals surface area (Å²) in [7, 11) is 0. The molecular formula is C15H20BrClN2OS. The van der Waals surface area contributed by atoms with Crippen LogP contribution in [0, 0.1) is 6.92 Å². The number of aryl methyl sites for hydroxylation is 1. The van der Waals surface area contributed by atoms with Crippen LogP contribution >= 0.6 is 40.1 Å². The molecule has 1 aromatic rings. The molecule has 1 amide bonds. The number of hydrogen-bond donors (Lipinski definition) is 2. The van der Waals surface area contributed by atoms with Gasteiger partial charge < -0.3 is 10.6 Å². The van der Waals surface area contributed by atoms with E-state index in [2.05, 4.69) is 45.6 Å². The van der Waals surface area contributed by atoms with Crippen LogP contribution in [0.15, 0.2) is 39.2 Å². The molecule has 0 unspecified atom stereocenters. The van der Waals surface area contributed by atoms with E-state index in [1.165, 1.54) is 11.1 Å². The van der Waals surface area contributed by atoms with Gasteiger partial charge in [-0.05, 0) is 43.7 Å². The Morgan fingerprint density at radius 2 is 2.29 bits per heavy atom. The van der Waals surface area contributed by atoms with Crippen LogP contribution in [0.25, 0.3) is 0 Å². The normalized spacial score (nSPS) is 14.1. The van der Waals surface area contributed by atoms with Crippen molar-refractivity contribution in [3.8, 4) is 0 Å². The van der Waals surface area contributed by atoms with Crippen LogP contribution < -0.4 is 10.6 Å². The molecule has 2 rings (SSSR count). The van der Waals surface area contributed by atoms with E-state index in [4.69, 9.17) is 0 Å². The van der Waals surface area contributed by atoms with Gasteiger partial charge in [0.15, 0.2) is 0 Å². The Hall–Kier alpha value is -0.490. The Labute approximate surface area is 144 Å². The number of amides is 1. The van der Waals surface area contributed by atoms with E-state index in [0.29, 0.717) is 12.3 Å². The summed E-state index contributed by atoms with van der Waals surface area (Å²) in [5.41, 5.74) is 2.51. The average molecular weight is 392 g/mol. The second-order valence-corrected chi connectivity index (χ2v) is 6.72. The molecule has 0 spiro atoms. The Balaban J connectivity index is 0.00000220. The largest absolute Gasteiger partial charge is 0.352 e. The molecule has 2 N–H and O–H groups in total. The lowest BCUT2D eigenvalue weighted by atomic mass is 10.1. The fraction of sp³-hybridized carbons (Fsp3) is 0.400. The predicted molar refractivity (Wildman–Crippen MR) is 95.4 cm³/mol. The van der Waals surface area contributed by atoms with Crippen LogP contribution in [0.3, 0.4) is 0 Å². The fourth-order valence-corrected chi connectivity index (χ4v) is 3.33. The van der Waals surface area contributed by atoms with Gasteiger partial charge in [0, 0.05) is 22.5 Å². The zero-order valence-electron chi connectivity index (χ0n) is 11.9. The molecule has 116 valence electrons. The standard InChI is InChI=1S/C15H19BrN2OS.ClH/c1-11-8-13(16)2-3-14(11)20-10-15(19)18-9-12-4-6-17-7-5-12;/h2-4,8,17H,5-7,9-10H2,1H3,(H,18,19);1H. The maximum absolute atomic E-state index is 11.9. The summed E-state index contributed by atoms with van der Waals surface area (Å²) >= 11 is 5.03. The van der Waals surface area contributed by atoms with Gasteiger partial charge in [-0.2, -0.15) is 0 Å². The van der Waals surface area contributed by atoms with Crippen LogP contribution in [0.2, 0.25) is 0 Å². The summed E-state index contributed by atoms with van der Waals surface area (Å²) < 4.78 is 1.07. The van der Waals surface area contributed by atoms with E-state index in [1.54, 1.807) is 11.8 Å². The Morgan fingerprint density at radius 1 is 1.48 bits per heavy atom. The smallest absolute Gasteiger partial charge is 0.230 e. The second kappa shape index (κ2) is 9.51. The molecule has 21 heavy (non-hydrogen) atoms. The van der Waals surface area contributed by atoms with Gasteiger partial charge in [0.25, 0.3) is 0 Å². The molecule has 0 radical (unpaired) electrons. The zero-order chi connectivity index (χ0) is 14.4. The highest BCUT2D eigenvalue weighted by molar-refractivity contribution is 9.10. The van der Waals surface area contributed by atoms with E-state index in [-0.39, 0.29) is 18.3 Å². The molecule has 0 saturated heterocycles. The van der Waals surface area contributed by atoms with Gasteiger partial charge in [0.1, 0.15) is 0 Å². The fourth-order valence-electron chi connectivity index (χ4n) is 2.01. The van der Waals surface area contributed by atoms with Gasteiger partial charge in [-0.15, -0.1) is 24.2 Å². The molecule has 1 aliphatic rings. The van der Waals surface area contributed by atoms with Gasteiger partial charge in [-0.3, -0.25) is 4.79 Å². The molecule has 0 bridgehead atoms. The maximum Gasteiger partial charge on any atom is 0.230 e. The van der Waals surface area contributed by atoms with Gasteiger partial charge >= 0.3 is 0 Å². The van der Waals surface area contributed by atoms with E-state index in [0.717, 1.165) is 28.9 Å². The number of halogens is 2. The monoisotopic (exact) mass is 390 g/mol. The Morgan fingerprint density at radius 3 is 2.95 bits per heavy atom. The summed E-state index contributed by atoms with van der Waals surface area (Å²) in [6.45, 7) is 4.66. The van der Waals surface area contributed by atoms with E-state index in [1.807, 2.05) is 12.1 Å². The first-order chi connectivity index (χ1) is 9.65. The van der Waals surface area contributed by atoms with Gasteiger partial charge in [-0.1, -0.05) is 27.6 Å². The van der Waals surface area contributed by atoms with Crippen molar-refractivity contribution in [1.82, 2.24) is 10.6 Å². The lowest BCUT2D eigenvalue weighted by Crippen LogP contribution is -2.30. The first kappa shape index (κ1) is 18.6. The summed E-state index contributed by atoms with van der Waals surface area (Å²) in [4.78, 5) is 13.0. The van der Waals surface area contributed by atoms with E-state index >= 15 is 0 Å². The number of rotatable bonds is 5. The van der Waals surface area contributed by atoms with Crippen molar-refractivity contribution < 1.29 is 4.79 Å². The number of nitrogens with one attached hydrogen (secondary N) is 2. The molecule has 3 nitrogen and oxygen atoms in total. The van der Waals surface area contributed by atoms with Crippen LogP contribution in [-0.2, 0) is 4.79 Å². The topological polar surface area (TPSA) is 41.1 Å². The van der Waals surface area contributed by atoms with Crippen molar-refractivity contribution in [2.75, 3.05) is 25.4 Å². The summed E-state index contributed by atoms with van der Waals surface area (Å²) in [5.74, 6) is 0.560.